The average molecular weight is 514 g/mol. The number of amides is 4. The van der Waals surface area contributed by atoms with Gasteiger partial charge in [0.25, 0.3) is 11.8 Å². The fraction of sp³-hybridized carbons (Fsp3) is 0.407. The molecule has 36 heavy (non-hydrogen) atoms. The first-order valence-corrected chi connectivity index (χ1v) is 13.2. The first-order chi connectivity index (χ1) is 17.0. The second kappa shape index (κ2) is 13.7. The molecule has 194 valence electrons. The molecule has 0 aliphatic carbocycles. The Morgan fingerprint density at radius 2 is 1.56 bits per heavy atom. The van der Waals surface area contributed by atoms with E-state index in [9.17, 15) is 19.2 Å². The van der Waals surface area contributed by atoms with Crippen molar-refractivity contribution in [1.29, 1.82) is 0 Å². The molecule has 0 bridgehead atoms. The van der Waals surface area contributed by atoms with Crippen molar-refractivity contribution in [3.8, 4) is 0 Å². The number of benzene rings is 2. The Kier molecular flexibility index (Phi) is 11.0. The van der Waals surface area contributed by atoms with Gasteiger partial charge in [-0.3, -0.25) is 19.3 Å². The second-order valence-electron chi connectivity index (χ2n) is 9.24. The Hall–Kier alpha value is -3.33. The van der Waals surface area contributed by atoms with Crippen molar-refractivity contribution in [2.24, 2.45) is 5.73 Å². The molecule has 8 nitrogen and oxygen atoms in total. The standard InChI is InChI=1S/C22H24N2O3S.C5H11NO2/c1-28-15-13-19(20(25)23-14-7-10-16-8-3-2-4-9-16)24-21(26)17-11-5-6-12-18(17)22(24)27;1-5(2,3)8-4(6)7/h2-6,8-9,11-12,19H,7,10,13-15H2,1H3,(H,23,25);1-3H3,(H2,6,7)/t19-;/m1./s1. The zero-order valence-electron chi connectivity index (χ0n) is 21.3. The van der Waals surface area contributed by atoms with Gasteiger partial charge in [-0.2, -0.15) is 11.8 Å². The van der Waals surface area contributed by atoms with Crippen molar-refractivity contribution < 1.29 is 23.9 Å². The van der Waals surface area contributed by atoms with E-state index in [-0.39, 0.29) is 17.7 Å². The van der Waals surface area contributed by atoms with Crippen molar-refractivity contribution in [1.82, 2.24) is 10.2 Å². The van der Waals surface area contributed by atoms with Crippen LogP contribution in [-0.2, 0) is 16.0 Å². The van der Waals surface area contributed by atoms with Crippen LogP contribution in [0.25, 0.3) is 0 Å². The van der Waals surface area contributed by atoms with Crippen molar-refractivity contribution in [2.45, 2.75) is 51.7 Å². The normalized spacial score (nSPS) is 13.4. The summed E-state index contributed by atoms with van der Waals surface area (Å²) in [4.78, 5) is 49.5. The molecule has 1 aliphatic rings. The summed E-state index contributed by atoms with van der Waals surface area (Å²) in [6.07, 6.45) is 3.32. The fourth-order valence-corrected chi connectivity index (χ4v) is 4.13. The van der Waals surface area contributed by atoms with Crippen molar-refractivity contribution >= 4 is 35.6 Å². The van der Waals surface area contributed by atoms with Crippen LogP contribution < -0.4 is 11.1 Å². The summed E-state index contributed by atoms with van der Waals surface area (Å²) in [6, 6.07) is 16.0. The maximum atomic E-state index is 12.8. The number of nitrogens with two attached hydrogens (primary N) is 1. The monoisotopic (exact) mass is 513 g/mol. The number of imide groups is 1. The molecule has 1 heterocycles. The van der Waals surface area contributed by atoms with E-state index in [0.29, 0.717) is 29.8 Å². The molecule has 0 saturated heterocycles. The summed E-state index contributed by atoms with van der Waals surface area (Å²) in [5.41, 5.74) is 6.23. The lowest BCUT2D eigenvalue weighted by Gasteiger charge is -2.25. The lowest BCUT2D eigenvalue weighted by Crippen LogP contribution is -2.50. The molecular formula is C27H35N3O5S. The van der Waals surface area contributed by atoms with Crippen LogP contribution in [0.5, 0.6) is 0 Å². The van der Waals surface area contributed by atoms with Gasteiger partial charge in [-0.15, -0.1) is 0 Å². The first-order valence-electron chi connectivity index (χ1n) is 11.8. The third-order valence-electron chi connectivity index (χ3n) is 5.23. The number of fused-ring (bicyclic) bond motifs is 1. The lowest BCUT2D eigenvalue weighted by molar-refractivity contribution is -0.125. The van der Waals surface area contributed by atoms with Crippen LogP contribution in [0.1, 0.15) is 59.9 Å². The average Bonchev–Trinajstić information content (AvgIpc) is 3.07. The van der Waals surface area contributed by atoms with Gasteiger partial charge < -0.3 is 15.8 Å². The Morgan fingerprint density at radius 3 is 2.03 bits per heavy atom. The van der Waals surface area contributed by atoms with Crippen LogP contribution >= 0.6 is 11.8 Å². The van der Waals surface area contributed by atoms with E-state index in [2.05, 4.69) is 22.2 Å². The molecular weight excluding hydrogens is 478 g/mol. The molecule has 0 saturated carbocycles. The number of aryl methyl sites for hydroxylation is 1. The highest BCUT2D eigenvalue weighted by molar-refractivity contribution is 7.98. The third kappa shape index (κ3) is 8.71. The van der Waals surface area contributed by atoms with Gasteiger partial charge >= 0.3 is 6.09 Å². The molecule has 4 amide bonds. The minimum Gasteiger partial charge on any atom is -0.444 e. The smallest absolute Gasteiger partial charge is 0.405 e. The van der Waals surface area contributed by atoms with E-state index in [1.807, 2.05) is 24.5 Å². The summed E-state index contributed by atoms with van der Waals surface area (Å²) in [6.45, 7) is 5.79. The Balaban J connectivity index is 0.000000493. The Labute approximate surface area is 216 Å². The number of nitrogens with one attached hydrogen (secondary N) is 1. The van der Waals surface area contributed by atoms with Crippen molar-refractivity contribution in [2.75, 3.05) is 18.6 Å². The topological polar surface area (TPSA) is 119 Å². The number of carbonyl (C=O) groups excluding carboxylic acids is 4. The van der Waals surface area contributed by atoms with Gasteiger partial charge in [-0.05, 0) is 69.7 Å². The molecule has 9 heteroatoms. The number of ether oxygens (including phenoxy) is 1. The summed E-state index contributed by atoms with van der Waals surface area (Å²) in [7, 11) is 0. The molecule has 0 fully saturated rings. The minimum absolute atomic E-state index is 0.267. The summed E-state index contributed by atoms with van der Waals surface area (Å²) >= 11 is 1.59. The van der Waals surface area contributed by atoms with Gasteiger partial charge in [-0.1, -0.05) is 42.5 Å². The third-order valence-corrected chi connectivity index (χ3v) is 5.87. The highest BCUT2D eigenvalue weighted by atomic mass is 32.2. The Morgan fingerprint density at radius 1 is 1.00 bits per heavy atom. The maximum Gasteiger partial charge on any atom is 0.405 e. The number of hydrogen-bond acceptors (Lipinski definition) is 6. The van der Waals surface area contributed by atoms with Crippen LogP contribution in [-0.4, -0.2) is 58.9 Å². The molecule has 3 N–H and O–H groups in total. The SMILES string of the molecule is CC(C)(C)OC(N)=O.CSCC[C@H](C(=O)NCCCc1ccccc1)N1C(=O)c2ccccc2C1=O. The van der Waals surface area contributed by atoms with Gasteiger partial charge in [0.1, 0.15) is 11.6 Å². The molecule has 0 unspecified atom stereocenters. The maximum absolute atomic E-state index is 12.8. The van der Waals surface area contributed by atoms with Crippen molar-refractivity contribution in [3.05, 3.63) is 71.3 Å². The van der Waals surface area contributed by atoms with E-state index in [1.165, 1.54) is 5.56 Å². The van der Waals surface area contributed by atoms with Gasteiger partial charge in [0, 0.05) is 6.54 Å². The van der Waals surface area contributed by atoms with Gasteiger partial charge in [0.2, 0.25) is 5.91 Å². The number of thioether (sulfide) groups is 1. The predicted octanol–water partition coefficient (Wildman–Crippen LogP) is 4.03. The van der Waals surface area contributed by atoms with Crippen LogP contribution in [0.3, 0.4) is 0 Å². The molecule has 1 atom stereocenters. The fourth-order valence-electron chi connectivity index (χ4n) is 3.67. The molecule has 0 spiro atoms. The molecule has 2 aromatic carbocycles. The van der Waals surface area contributed by atoms with Crippen LogP contribution in [0.4, 0.5) is 4.79 Å². The summed E-state index contributed by atoms with van der Waals surface area (Å²) < 4.78 is 4.58. The largest absolute Gasteiger partial charge is 0.444 e. The van der Waals surface area contributed by atoms with Gasteiger partial charge in [0.15, 0.2) is 0 Å². The quantitative estimate of drug-likeness (QED) is 0.386. The zero-order chi connectivity index (χ0) is 26.7. The number of carbonyl (C=O) groups is 4. The van der Waals surface area contributed by atoms with Crippen molar-refractivity contribution in [3.63, 3.8) is 0 Å². The molecule has 1 aliphatic heterocycles. The molecule has 0 radical (unpaired) electrons. The number of nitrogens with zero attached hydrogens (tertiary/aromatic N) is 1. The van der Waals surface area contributed by atoms with Crippen LogP contribution in [0.2, 0.25) is 0 Å². The number of hydrogen-bond donors (Lipinski definition) is 2. The highest BCUT2D eigenvalue weighted by Gasteiger charge is 2.42. The second-order valence-corrected chi connectivity index (χ2v) is 10.2. The predicted molar refractivity (Wildman–Crippen MR) is 142 cm³/mol. The summed E-state index contributed by atoms with van der Waals surface area (Å²) in [5.74, 6) is -0.343. The minimum atomic E-state index is -0.781. The number of primary amides is 1. The summed E-state index contributed by atoms with van der Waals surface area (Å²) in [5, 5.41) is 2.91. The lowest BCUT2D eigenvalue weighted by atomic mass is 10.1. The van der Waals surface area contributed by atoms with Gasteiger partial charge in [0.05, 0.1) is 11.1 Å². The highest BCUT2D eigenvalue weighted by Crippen LogP contribution is 2.26. The first kappa shape index (κ1) is 28.9. The molecule has 2 aromatic rings. The Bertz CT molecular complexity index is 1020. The van der Waals surface area contributed by atoms with E-state index >= 15 is 0 Å². The van der Waals surface area contributed by atoms with E-state index in [0.717, 1.165) is 17.7 Å². The van der Waals surface area contributed by atoms with Gasteiger partial charge in [-0.25, -0.2) is 4.79 Å². The molecule has 3 rings (SSSR count). The van der Waals surface area contributed by atoms with E-state index in [4.69, 9.17) is 5.73 Å². The molecule has 0 aromatic heterocycles. The van der Waals surface area contributed by atoms with E-state index < -0.39 is 17.7 Å². The zero-order valence-corrected chi connectivity index (χ0v) is 22.1. The van der Waals surface area contributed by atoms with E-state index in [1.54, 1.807) is 56.8 Å². The number of rotatable bonds is 9. The van der Waals surface area contributed by atoms with Crippen LogP contribution in [0, 0.1) is 0 Å². The van der Waals surface area contributed by atoms with Crippen LogP contribution in [0.15, 0.2) is 54.6 Å².